The van der Waals surface area contributed by atoms with E-state index in [1.54, 1.807) is 21.3 Å². The van der Waals surface area contributed by atoms with Crippen molar-refractivity contribution in [3.63, 3.8) is 0 Å². The molecular weight excluding hydrogens is 420 g/mol. The number of hydrogen-bond acceptors (Lipinski definition) is 8. The Morgan fingerprint density at radius 3 is 2.70 bits per heavy atom. The predicted molar refractivity (Wildman–Crippen MR) is 127 cm³/mol. The smallest absolute Gasteiger partial charge is 0.226 e. The van der Waals surface area contributed by atoms with Crippen LogP contribution in [0.5, 0.6) is 17.2 Å². The molecule has 9 heteroatoms. The van der Waals surface area contributed by atoms with Gasteiger partial charge in [0.2, 0.25) is 5.95 Å². The van der Waals surface area contributed by atoms with Gasteiger partial charge in [0, 0.05) is 36.0 Å². The van der Waals surface area contributed by atoms with Crippen molar-refractivity contribution in [2.75, 3.05) is 39.7 Å². The Bertz CT molecular complexity index is 1280. The molecule has 1 atom stereocenters. The van der Waals surface area contributed by atoms with Crippen LogP contribution in [-0.2, 0) is 6.54 Å². The first-order valence-electron chi connectivity index (χ1n) is 11.1. The molecule has 1 fully saturated rings. The molecule has 1 aliphatic rings. The Balaban J connectivity index is 1.58. The fourth-order valence-corrected chi connectivity index (χ4v) is 4.32. The van der Waals surface area contributed by atoms with Crippen LogP contribution in [0.3, 0.4) is 0 Å². The van der Waals surface area contributed by atoms with Crippen molar-refractivity contribution in [3.8, 4) is 17.2 Å². The van der Waals surface area contributed by atoms with Crippen LogP contribution < -0.4 is 24.8 Å². The van der Waals surface area contributed by atoms with Gasteiger partial charge in [0.25, 0.3) is 0 Å². The molecule has 5 rings (SSSR count). The lowest BCUT2D eigenvalue weighted by atomic mass is 9.99. The van der Waals surface area contributed by atoms with Gasteiger partial charge < -0.3 is 24.8 Å². The largest absolute Gasteiger partial charge is 0.497 e. The number of methoxy groups -OCH3 is 3. The third-order valence-corrected chi connectivity index (χ3v) is 6.09. The van der Waals surface area contributed by atoms with Crippen LogP contribution in [0, 0.1) is 0 Å². The second kappa shape index (κ2) is 9.11. The van der Waals surface area contributed by atoms with E-state index >= 15 is 0 Å². The maximum Gasteiger partial charge on any atom is 0.226 e. The number of hydrogen-bond donors (Lipinski definition) is 2. The number of anilines is 1. The zero-order valence-corrected chi connectivity index (χ0v) is 19.1. The molecule has 33 heavy (non-hydrogen) atoms. The number of ether oxygens (including phenoxy) is 3. The Labute approximate surface area is 192 Å². The average Bonchev–Trinajstić information content (AvgIpc) is 3.33. The van der Waals surface area contributed by atoms with E-state index in [1.807, 2.05) is 40.9 Å². The number of nitrogens with zero attached hydrogens (tertiary/aromatic N) is 4. The van der Waals surface area contributed by atoms with E-state index in [0.29, 0.717) is 18.2 Å². The lowest BCUT2D eigenvalue weighted by Gasteiger charge is -2.19. The fourth-order valence-electron chi connectivity index (χ4n) is 4.32. The Morgan fingerprint density at radius 2 is 1.94 bits per heavy atom. The quantitative estimate of drug-likeness (QED) is 0.444. The fraction of sp³-hybridized carbons (Fsp3) is 0.375. The van der Waals surface area contributed by atoms with E-state index < -0.39 is 0 Å². The van der Waals surface area contributed by atoms with Crippen LogP contribution in [0.25, 0.3) is 16.6 Å². The molecule has 9 nitrogen and oxygen atoms in total. The van der Waals surface area contributed by atoms with E-state index in [9.17, 15) is 0 Å². The molecule has 3 heterocycles. The number of piperidine rings is 1. The molecule has 1 aliphatic heterocycles. The van der Waals surface area contributed by atoms with Gasteiger partial charge >= 0.3 is 0 Å². The Morgan fingerprint density at radius 1 is 1.06 bits per heavy atom. The summed E-state index contributed by atoms with van der Waals surface area (Å²) in [4.78, 5) is 9.83. The van der Waals surface area contributed by atoms with Crippen LogP contribution in [0.2, 0.25) is 0 Å². The lowest BCUT2D eigenvalue weighted by molar-refractivity contribution is 0.391. The molecule has 1 saturated heterocycles. The molecule has 0 aliphatic carbocycles. The lowest BCUT2D eigenvalue weighted by Crippen LogP contribution is -2.29. The highest BCUT2D eigenvalue weighted by Crippen LogP contribution is 2.31. The minimum atomic E-state index is 0.286. The summed E-state index contributed by atoms with van der Waals surface area (Å²) in [6.07, 6.45) is 2.19. The predicted octanol–water partition coefficient (Wildman–Crippen LogP) is 3.38. The normalized spacial score (nSPS) is 16.2. The van der Waals surface area contributed by atoms with Crippen molar-refractivity contribution in [2.24, 2.45) is 0 Å². The molecule has 2 N–H and O–H groups in total. The molecule has 4 aromatic rings. The maximum atomic E-state index is 5.59. The van der Waals surface area contributed by atoms with Crippen molar-refractivity contribution in [2.45, 2.75) is 25.3 Å². The standard InChI is InChI=1S/C24H28N6O3/c1-31-17-10-9-15(20(12-17)33-3)14-26-24-27-21-18(7-4-8-19(21)32-2)23-28-22(29-30(23)24)16-6-5-11-25-13-16/h4,7-10,12,16,25H,5-6,11,13-14H2,1-3H3,(H,26,27). The number of aromatic nitrogens is 4. The van der Waals surface area contributed by atoms with E-state index in [2.05, 4.69) is 10.6 Å². The summed E-state index contributed by atoms with van der Waals surface area (Å²) in [5.74, 6) is 3.90. The minimum Gasteiger partial charge on any atom is -0.497 e. The van der Waals surface area contributed by atoms with Gasteiger partial charge in [0.05, 0.1) is 21.3 Å². The number of nitrogens with one attached hydrogen (secondary N) is 2. The SMILES string of the molecule is COc1ccc(CNc2nc3c(OC)cccc3c3nc(C4CCCNC4)nn23)c(OC)c1. The van der Waals surface area contributed by atoms with Crippen molar-refractivity contribution >= 4 is 22.5 Å². The topological polar surface area (TPSA) is 94.8 Å². The molecule has 0 bridgehead atoms. The third kappa shape index (κ3) is 4.00. The van der Waals surface area contributed by atoms with Crippen LogP contribution >= 0.6 is 0 Å². The van der Waals surface area contributed by atoms with E-state index in [1.165, 1.54) is 0 Å². The second-order valence-corrected chi connectivity index (χ2v) is 8.07. The Hall–Kier alpha value is -3.59. The average molecular weight is 449 g/mol. The first-order chi connectivity index (χ1) is 16.2. The number of rotatable bonds is 7. The third-order valence-electron chi connectivity index (χ3n) is 6.09. The Kier molecular flexibility index (Phi) is 5.87. The zero-order valence-electron chi connectivity index (χ0n) is 19.1. The van der Waals surface area contributed by atoms with Crippen LogP contribution in [0.15, 0.2) is 36.4 Å². The van der Waals surface area contributed by atoms with E-state index in [4.69, 9.17) is 29.3 Å². The molecule has 0 saturated carbocycles. The van der Waals surface area contributed by atoms with Gasteiger partial charge in [-0.3, -0.25) is 0 Å². The van der Waals surface area contributed by atoms with Gasteiger partial charge in [0.1, 0.15) is 22.8 Å². The molecule has 0 spiro atoms. The van der Waals surface area contributed by atoms with Crippen LogP contribution in [-0.4, -0.2) is 54.0 Å². The molecule has 0 radical (unpaired) electrons. The maximum absolute atomic E-state index is 5.59. The van der Waals surface area contributed by atoms with Gasteiger partial charge in [-0.1, -0.05) is 6.07 Å². The monoisotopic (exact) mass is 448 g/mol. The zero-order chi connectivity index (χ0) is 22.8. The first kappa shape index (κ1) is 21.3. The first-order valence-corrected chi connectivity index (χ1v) is 11.1. The summed E-state index contributed by atoms with van der Waals surface area (Å²) in [5.41, 5.74) is 2.49. The molecule has 2 aromatic carbocycles. The summed E-state index contributed by atoms with van der Waals surface area (Å²) in [6.45, 7) is 2.43. The number of benzene rings is 2. The van der Waals surface area contributed by atoms with Crippen LogP contribution in [0.1, 0.15) is 30.1 Å². The number of para-hydroxylation sites is 1. The highest BCUT2D eigenvalue weighted by Gasteiger charge is 2.23. The second-order valence-electron chi connectivity index (χ2n) is 8.07. The molecule has 172 valence electrons. The molecular formula is C24H28N6O3. The molecule has 2 aromatic heterocycles. The van der Waals surface area contributed by atoms with Gasteiger partial charge in [-0.05, 0) is 43.7 Å². The summed E-state index contributed by atoms with van der Waals surface area (Å²) in [7, 11) is 4.94. The van der Waals surface area contributed by atoms with Crippen molar-refractivity contribution in [1.29, 1.82) is 0 Å². The van der Waals surface area contributed by atoms with Gasteiger partial charge in [0.15, 0.2) is 11.5 Å². The van der Waals surface area contributed by atoms with Crippen LogP contribution in [0.4, 0.5) is 5.95 Å². The summed E-state index contributed by atoms with van der Waals surface area (Å²) in [5, 5.41) is 12.7. The summed E-state index contributed by atoms with van der Waals surface area (Å²) in [6, 6.07) is 11.6. The molecule has 0 amide bonds. The van der Waals surface area contributed by atoms with Crippen molar-refractivity contribution in [3.05, 3.63) is 47.8 Å². The molecule has 1 unspecified atom stereocenters. The van der Waals surface area contributed by atoms with E-state index in [-0.39, 0.29) is 5.92 Å². The minimum absolute atomic E-state index is 0.286. The summed E-state index contributed by atoms with van der Waals surface area (Å²) < 4.78 is 18.3. The van der Waals surface area contributed by atoms with Crippen molar-refractivity contribution < 1.29 is 14.2 Å². The highest BCUT2D eigenvalue weighted by atomic mass is 16.5. The highest BCUT2D eigenvalue weighted by molar-refractivity contribution is 5.96. The number of fused-ring (bicyclic) bond motifs is 3. The van der Waals surface area contributed by atoms with Gasteiger partial charge in [-0.15, -0.1) is 5.10 Å². The van der Waals surface area contributed by atoms with Crippen molar-refractivity contribution in [1.82, 2.24) is 24.9 Å². The van der Waals surface area contributed by atoms with Gasteiger partial charge in [-0.2, -0.15) is 4.52 Å². The van der Waals surface area contributed by atoms with E-state index in [0.717, 1.165) is 65.4 Å². The summed E-state index contributed by atoms with van der Waals surface area (Å²) >= 11 is 0. The van der Waals surface area contributed by atoms with Gasteiger partial charge in [-0.25, -0.2) is 9.97 Å².